The highest BCUT2D eigenvalue weighted by molar-refractivity contribution is 5.39. The first-order valence-electron chi connectivity index (χ1n) is 6.37. The van der Waals surface area contributed by atoms with E-state index in [4.69, 9.17) is 9.84 Å². The van der Waals surface area contributed by atoms with Gasteiger partial charge in [0.25, 0.3) is 0 Å². The summed E-state index contributed by atoms with van der Waals surface area (Å²) >= 11 is 0. The quantitative estimate of drug-likeness (QED) is 0.689. The van der Waals surface area contributed by atoms with Crippen LogP contribution >= 0.6 is 0 Å². The summed E-state index contributed by atoms with van der Waals surface area (Å²) in [4.78, 5) is 0. The van der Waals surface area contributed by atoms with E-state index in [-0.39, 0.29) is 12.4 Å². The first kappa shape index (κ1) is 13.2. The lowest BCUT2D eigenvalue weighted by Crippen LogP contribution is -2.24. The molecule has 0 aromatic heterocycles. The van der Waals surface area contributed by atoms with Gasteiger partial charge < -0.3 is 20.3 Å². The van der Waals surface area contributed by atoms with E-state index in [1.165, 1.54) is 12.8 Å². The summed E-state index contributed by atoms with van der Waals surface area (Å²) in [7, 11) is 1.62. The SMILES string of the molecule is COc1ccc(O)c(CNCC2(CCO)CC2)c1. The molecule has 0 aliphatic heterocycles. The smallest absolute Gasteiger partial charge is 0.120 e. The zero-order valence-electron chi connectivity index (χ0n) is 10.8. The van der Waals surface area contributed by atoms with E-state index in [9.17, 15) is 5.11 Å². The van der Waals surface area contributed by atoms with E-state index in [1.54, 1.807) is 19.2 Å². The van der Waals surface area contributed by atoms with Gasteiger partial charge in [-0.25, -0.2) is 0 Å². The zero-order chi connectivity index (χ0) is 13.0. The first-order valence-corrected chi connectivity index (χ1v) is 6.37. The zero-order valence-corrected chi connectivity index (χ0v) is 10.8. The molecule has 4 nitrogen and oxygen atoms in total. The van der Waals surface area contributed by atoms with E-state index in [0.29, 0.717) is 12.0 Å². The summed E-state index contributed by atoms with van der Waals surface area (Å²) in [5.41, 5.74) is 1.14. The largest absolute Gasteiger partial charge is 0.508 e. The van der Waals surface area contributed by atoms with Crippen molar-refractivity contribution >= 4 is 0 Å². The Balaban J connectivity index is 1.86. The predicted octanol–water partition coefficient (Wildman–Crippen LogP) is 1.65. The number of aliphatic hydroxyl groups excluding tert-OH is 1. The molecule has 3 N–H and O–H groups in total. The van der Waals surface area contributed by atoms with Gasteiger partial charge in [0.15, 0.2) is 0 Å². The lowest BCUT2D eigenvalue weighted by atomic mass is 10.0. The van der Waals surface area contributed by atoms with E-state index < -0.39 is 0 Å². The second-order valence-electron chi connectivity index (χ2n) is 5.07. The van der Waals surface area contributed by atoms with Crippen molar-refractivity contribution in [3.63, 3.8) is 0 Å². The van der Waals surface area contributed by atoms with Gasteiger partial charge in [-0.05, 0) is 42.9 Å². The number of rotatable bonds is 7. The summed E-state index contributed by atoms with van der Waals surface area (Å²) < 4.78 is 5.14. The van der Waals surface area contributed by atoms with Crippen molar-refractivity contribution in [3.05, 3.63) is 23.8 Å². The molecule has 100 valence electrons. The van der Waals surface area contributed by atoms with Gasteiger partial charge in [0, 0.05) is 25.3 Å². The maximum absolute atomic E-state index is 9.74. The maximum atomic E-state index is 9.74. The third-order valence-electron chi connectivity index (χ3n) is 3.70. The third-order valence-corrected chi connectivity index (χ3v) is 3.70. The average molecular weight is 251 g/mol. The molecule has 0 spiro atoms. The predicted molar refractivity (Wildman–Crippen MR) is 69.7 cm³/mol. The number of phenolic OH excluding ortho intramolecular Hbond substituents is 1. The van der Waals surface area contributed by atoms with E-state index in [0.717, 1.165) is 24.3 Å². The molecule has 1 aliphatic rings. The van der Waals surface area contributed by atoms with Gasteiger partial charge >= 0.3 is 0 Å². The van der Waals surface area contributed by atoms with E-state index >= 15 is 0 Å². The number of hydrogen-bond acceptors (Lipinski definition) is 4. The summed E-state index contributed by atoms with van der Waals surface area (Å²) in [6, 6.07) is 5.23. The third kappa shape index (κ3) is 3.15. The minimum atomic E-state index is 0.256. The number of phenols is 1. The molecule has 0 atom stereocenters. The Hall–Kier alpha value is -1.26. The Kier molecular flexibility index (Phi) is 4.09. The van der Waals surface area contributed by atoms with Crippen molar-refractivity contribution in [1.29, 1.82) is 0 Å². The molecule has 1 aromatic carbocycles. The van der Waals surface area contributed by atoms with Crippen LogP contribution in [-0.4, -0.2) is 30.5 Å². The van der Waals surface area contributed by atoms with Crippen LogP contribution in [-0.2, 0) is 6.54 Å². The summed E-state index contributed by atoms with van der Waals surface area (Å²) in [6.07, 6.45) is 3.24. The Morgan fingerprint density at radius 1 is 1.39 bits per heavy atom. The fourth-order valence-corrected chi connectivity index (χ4v) is 2.22. The monoisotopic (exact) mass is 251 g/mol. The summed E-state index contributed by atoms with van der Waals surface area (Å²) in [5.74, 6) is 1.04. The Morgan fingerprint density at radius 2 is 2.17 bits per heavy atom. The molecule has 1 fully saturated rings. The van der Waals surface area contributed by atoms with Crippen LogP contribution in [0, 0.1) is 5.41 Å². The van der Waals surface area contributed by atoms with Crippen LogP contribution in [0.5, 0.6) is 11.5 Å². The molecule has 2 rings (SSSR count). The van der Waals surface area contributed by atoms with Gasteiger partial charge in [-0.15, -0.1) is 0 Å². The molecule has 18 heavy (non-hydrogen) atoms. The Labute approximate surface area is 108 Å². The molecule has 0 unspecified atom stereocenters. The minimum absolute atomic E-state index is 0.256. The Morgan fingerprint density at radius 3 is 2.78 bits per heavy atom. The number of ether oxygens (including phenoxy) is 1. The molecule has 0 saturated heterocycles. The normalized spacial score (nSPS) is 16.6. The van der Waals surface area contributed by atoms with Crippen molar-refractivity contribution in [3.8, 4) is 11.5 Å². The lowest BCUT2D eigenvalue weighted by molar-refractivity contribution is 0.245. The summed E-state index contributed by atoms with van der Waals surface area (Å²) in [5, 5.41) is 22.1. The lowest BCUT2D eigenvalue weighted by Gasteiger charge is -2.15. The van der Waals surface area contributed by atoms with Gasteiger partial charge in [-0.2, -0.15) is 0 Å². The van der Waals surface area contributed by atoms with E-state index in [2.05, 4.69) is 5.32 Å². The summed E-state index contributed by atoms with van der Waals surface area (Å²) in [6.45, 7) is 1.77. The number of aromatic hydroxyl groups is 1. The second kappa shape index (κ2) is 5.59. The van der Waals surface area contributed by atoms with Gasteiger partial charge in [-0.1, -0.05) is 0 Å². The number of aliphatic hydroxyl groups is 1. The molecule has 4 heteroatoms. The standard InChI is InChI=1S/C14H21NO3/c1-18-12-2-3-13(17)11(8-12)9-15-10-14(4-5-14)6-7-16/h2-3,8,15-17H,4-7,9-10H2,1H3. The molecular weight excluding hydrogens is 230 g/mol. The van der Waals surface area contributed by atoms with Crippen LogP contribution in [0.1, 0.15) is 24.8 Å². The number of nitrogens with one attached hydrogen (secondary N) is 1. The van der Waals surface area contributed by atoms with Crippen molar-refractivity contribution < 1.29 is 14.9 Å². The van der Waals surface area contributed by atoms with Crippen LogP contribution in [0.3, 0.4) is 0 Å². The molecule has 1 aliphatic carbocycles. The maximum Gasteiger partial charge on any atom is 0.120 e. The van der Waals surface area contributed by atoms with Crippen LogP contribution in [0.2, 0.25) is 0 Å². The molecule has 0 heterocycles. The topological polar surface area (TPSA) is 61.7 Å². The average Bonchev–Trinajstić information content (AvgIpc) is 3.12. The number of benzene rings is 1. The van der Waals surface area contributed by atoms with Crippen LogP contribution in [0.4, 0.5) is 0 Å². The minimum Gasteiger partial charge on any atom is -0.508 e. The van der Waals surface area contributed by atoms with Gasteiger partial charge in [-0.3, -0.25) is 0 Å². The highest BCUT2D eigenvalue weighted by Gasteiger charge is 2.41. The second-order valence-corrected chi connectivity index (χ2v) is 5.07. The molecule has 0 radical (unpaired) electrons. The molecular formula is C14H21NO3. The first-order chi connectivity index (χ1) is 8.69. The Bertz CT molecular complexity index is 402. The van der Waals surface area contributed by atoms with Crippen molar-refractivity contribution in [2.24, 2.45) is 5.41 Å². The molecule has 0 amide bonds. The van der Waals surface area contributed by atoms with E-state index in [1.807, 2.05) is 6.07 Å². The van der Waals surface area contributed by atoms with Crippen molar-refractivity contribution in [1.82, 2.24) is 5.32 Å². The fourth-order valence-electron chi connectivity index (χ4n) is 2.22. The van der Waals surface area contributed by atoms with Crippen molar-refractivity contribution in [2.75, 3.05) is 20.3 Å². The molecule has 1 aromatic rings. The highest BCUT2D eigenvalue weighted by atomic mass is 16.5. The van der Waals surface area contributed by atoms with Crippen LogP contribution in [0.25, 0.3) is 0 Å². The van der Waals surface area contributed by atoms with Gasteiger partial charge in [0.2, 0.25) is 0 Å². The highest BCUT2D eigenvalue weighted by Crippen LogP contribution is 2.47. The van der Waals surface area contributed by atoms with Gasteiger partial charge in [0.1, 0.15) is 11.5 Å². The molecule has 0 bridgehead atoms. The van der Waals surface area contributed by atoms with Crippen LogP contribution < -0.4 is 10.1 Å². The number of hydrogen-bond donors (Lipinski definition) is 3. The van der Waals surface area contributed by atoms with Gasteiger partial charge in [0.05, 0.1) is 7.11 Å². The number of methoxy groups -OCH3 is 1. The van der Waals surface area contributed by atoms with Crippen molar-refractivity contribution in [2.45, 2.75) is 25.8 Å². The molecule has 1 saturated carbocycles. The van der Waals surface area contributed by atoms with Crippen LogP contribution in [0.15, 0.2) is 18.2 Å². The fraction of sp³-hybridized carbons (Fsp3) is 0.571.